The predicted octanol–water partition coefficient (Wildman–Crippen LogP) is 2.10. The summed E-state index contributed by atoms with van der Waals surface area (Å²) in [5.41, 5.74) is 0.0600. The van der Waals surface area contributed by atoms with Gasteiger partial charge >= 0.3 is 11.6 Å². The number of rotatable bonds is 5. The maximum absolute atomic E-state index is 12.2. The number of carbonyl (C=O) groups excluding carboxylic acids is 3. The van der Waals surface area contributed by atoms with Gasteiger partial charge in [-0.05, 0) is 32.0 Å². The highest BCUT2D eigenvalue weighted by atomic mass is 16.6. The molecule has 26 heavy (non-hydrogen) atoms. The van der Waals surface area contributed by atoms with Gasteiger partial charge in [0.15, 0.2) is 11.6 Å². The molecule has 1 fully saturated rings. The predicted molar refractivity (Wildman–Crippen MR) is 94.5 cm³/mol. The molecule has 0 spiro atoms. The summed E-state index contributed by atoms with van der Waals surface area (Å²) >= 11 is 0. The minimum atomic E-state index is -1.41. The largest absolute Gasteiger partial charge is 0.442 e. The van der Waals surface area contributed by atoms with Gasteiger partial charge in [0.25, 0.3) is 0 Å². The summed E-state index contributed by atoms with van der Waals surface area (Å²) in [6.45, 7) is 5.66. The van der Waals surface area contributed by atoms with Gasteiger partial charge in [0, 0.05) is 43.1 Å². The zero-order valence-corrected chi connectivity index (χ0v) is 14.6. The molecule has 1 aliphatic carbocycles. The quantitative estimate of drug-likeness (QED) is 0.459. The van der Waals surface area contributed by atoms with Crippen LogP contribution in [0.1, 0.15) is 37.0 Å². The first-order valence-electron chi connectivity index (χ1n) is 8.53. The van der Waals surface area contributed by atoms with E-state index in [2.05, 4.69) is 4.90 Å². The number of hydrogen-bond acceptors (Lipinski definition) is 7. The van der Waals surface area contributed by atoms with Gasteiger partial charge in [-0.3, -0.25) is 9.59 Å². The molecule has 3 rings (SSSR count). The van der Waals surface area contributed by atoms with Crippen molar-refractivity contribution >= 4 is 34.2 Å². The van der Waals surface area contributed by atoms with Crippen molar-refractivity contribution in [2.45, 2.75) is 32.8 Å². The van der Waals surface area contributed by atoms with Crippen LogP contribution in [0.2, 0.25) is 0 Å². The van der Waals surface area contributed by atoms with Gasteiger partial charge < -0.3 is 14.1 Å². The summed E-state index contributed by atoms with van der Waals surface area (Å²) in [6.07, 6.45) is -1.31. The highest BCUT2D eigenvalue weighted by molar-refractivity contribution is 6.13. The van der Waals surface area contributed by atoms with Gasteiger partial charge in [-0.25, -0.2) is 9.59 Å². The average Bonchev–Trinajstić information content (AvgIpc) is 2.94. The molecule has 7 nitrogen and oxygen atoms in total. The van der Waals surface area contributed by atoms with Crippen molar-refractivity contribution in [3.63, 3.8) is 0 Å². The molecule has 1 saturated carbocycles. The number of fused-ring (bicyclic) bond motifs is 1. The number of esters is 1. The fourth-order valence-corrected chi connectivity index (χ4v) is 3.02. The maximum Gasteiger partial charge on any atom is 0.351 e. The van der Waals surface area contributed by atoms with Crippen LogP contribution in [0.5, 0.6) is 0 Å². The molecule has 0 N–H and O–H groups in total. The molecule has 0 aliphatic heterocycles. The molecule has 7 heteroatoms. The van der Waals surface area contributed by atoms with Crippen molar-refractivity contribution in [3.05, 3.63) is 40.2 Å². The molecule has 0 unspecified atom stereocenters. The lowest BCUT2D eigenvalue weighted by molar-refractivity contribution is -0.133. The Morgan fingerprint density at radius 3 is 2.38 bits per heavy atom. The van der Waals surface area contributed by atoms with Crippen LogP contribution in [0.15, 0.2) is 33.5 Å². The Labute approximate surface area is 149 Å². The summed E-state index contributed by atoms with van der Waals surface area (Å²) in [5.74, 6) is -1.92. The average molecular weight is 357 g/mol. The molecule has 1 aromatic carbocycles. The Hall–Kier alpha value is -2.96. The zero-order valence-electron chi connectivity index (χ0n) is 14.6. The second-order valence-electron chi connectivity index (χ2n) is 6.06. The molecule has 2 aromatic rings. The topological polar surface area (TPSA) is 93.9 Å². The van der Waals surface area contributed by atoms with Crippen LogP contribution in [0, 0.1) is 0 Å². The molecule has 0 atom stereocenters. The van der Waals surface area contributed by atoms with Crippen LogP contribution in [0.3, 0.4) is 0 Å². The number of Topliss-reactive ketones (excluding diaryl/α,β-unsaturated/α-hetero) is 2. The first kappa shape index (κ1) is 17.8. The van der Waals surface area contributed by atoms with Gasteiger partial charge in [0.2, 0.25) is 6.10 Å². The summed E-state index contributed by atoms with van der Waals surface area (Å²) in [6, 6.07) is 6.71. The lowest BCUT2D eigenvalue weighted by atomic mass is 10.1. The van der Waals surface area contributed by atoms with Crippen molar-refractivity contribution in [1.29, 1.82) is 0 Å². The molecule has 0 amide bonds. The first-order valence-corrected chi connectivity index (χ1v) is 8.53. The van der Waals surface area contributed by atoms with E-state index in [0.29, 0.717) is 11.0 Å². The van der Waals surface area contributed by atoms with Crippen molar-refractivity contribution in [2.24, 2.45) is 0 Å². The minimum Gasteiger partial charge on any atom is -0.442 e. The maximum atomic E-state index is 12.2. The summed E-state index contributed by atoms with van der Waals surface area (Å²) < 4.78 is 10.2. The number of hydrogen-bond donors (Lipinski definition) is 0. The molecule has 0 radical (unpaired) electrons. The van der Waals surface area contributed by atoms with Gasteiger partial charge in [-0.1, -0.05) is 0 Å². The number of nitrogens with zero attached hydrogens (tertiary/aromatic N) is 1. The van der Waals surface area contributed by atoms with Crippen LogP contribution in [-0.2, 0) is 14.3 Å². The summed E-state index contributed by atoms with van der Waals surface area (Å²) in [7, 11) is 0. The molecule has 1 aromatic heterocycles. The Balaban J connectivity index is 1.92. The SMILES string of the molecule is CCN(CC)c1ccc2cc(C(=O)OC3C(=O)CCC3=O)c(=O)oc2c1. The monoisotopic (exact) mass is 357 g/mol. The fraction of sp³-hybridized carbons (Fsp3) is 0.368. The molecule has 1 heterocycles. The third-order valence-corrected chi connectivity index (χ3v) is 4.50. The van der Waals surface area contributed by atoms with E-state index < -0.39 is 29.3 Å². The van der Waals surface area contributed by atoms with Crippen LogP contribution >= 0.6 is 0 Å². The summed E-state index contributed by atoms with van der Waals surface area (Å²) in [5, 5.41) is 0.552. The van der Waals surface area contributed by atoms with E-state index in [9.17, 15) is 19.2 Å². The number of ether oxygens (including phenoxy) is 1. The first-order chi connectivity index (χ1) is 12.4. The van der Waals surface area contributed by atoms with Crippen LogP contribution in [0.25, 0.3) is 11.0 Å². The Bertz CT molecular complexity index is 925. The van der Waals surface area contributed by atoms with Gasteiger partial charge in [0.05, 0.1) is 0 Å². The van der Waals surface area contributed by atoms with E-state index in [4.69, 9.17) is 9.15 Å². The van der Waals surface area contributed by atoms with Crippen molar-refractivity contribution in [2.75, 3.05) is 18.0 Å². The van der Waals surface area contributed by atoms with E-state index in [1.54, 1.807) is 12.1 Å². The minimum absolute atomic E-state index is 0.0528. The molecule has 0 bridgehead atoms. The number of carbonyl (C=O) groups is 3. The van der Waals surface area contributed by atoms with E-state index >= 15 is 0 Å². The smallest absolute Gasteiger partial charge is 0.351 e. The molecular weight excluding hydrogens is 338 g/mol. The van der Waals surface area contributed by atoms with Gasteiger partial charge in [-0.15, -0.1) is 0 Å². The van der Waals surface area contributed by atoms with Crippen LogP contribution in [0.4, 0.5) is 5.69 Å². The second-order valence-corrected chi connectivity index (χ2v) is 6.06. The number of benzene rings is 1. The Morgan fingerprint density at radius 2 is 1.77 bits per heavy atom. The van der Waals surface area contributed by atoms with Crippen molar-refractivity contribution in [3.8, 4) is 0 Å². The van der Waals surface area contributed by atoms with E-state index in [0.717, 1.165) is 18.8 Å². The number of anilines is 1. The Kier molecular flexibility index (Phi) is 4.88. The van der Waals surface area contributed by atoms with Crippen LogP contribution in [-0.4, -0.2) is 36.7 Å². The molecule has 136 valence electrons. The molecular formula is C19H19NO6. The highest BCUT2D eigenvalue weighted by Crippen LogP contribution is 2.22. The molecule has 1 aliphatic rings. The van der Waals surface area contributed by atoms with Crippen molar-refractivity contribution in [1.82, 2.24) is 0 Å². The summed E-state index contributed by atoms with van der Waals surface area (Å²) in [4.78, 5) is 49.7. The van der Waals surface area contributed by atoms with E-state index in [1.807, 2.05) is 19.9 Å². The lowest BCUT2D eigenvalue weighted by Gasteiger charge is -2.21. The third-order valence-electron chi connectivity index (χ3n) is 4.50. The molecule has 0 saturated heterocycles. The van der Waals surface area contributed by atoms with E-state index in [-0.39, 0.29) is 18.4 Å². The number of ketones is 2. The Morgan fingerprint density at radius 1 is 1.12 bits per heavy atom. The highest BCUT2D eigenvalue weighted by Gasteiger charge is 2.37. The van der Waals surface area contributed by atoms with Crippen LogP contribution < -0.4 is 10.5 Å². The van der Waals surface area contributed by atoms with Gasteiger partial charge in [0.1, 0.15) is 11.1 Å². The second kappa shape index (κ2) is 7.11. The third kappa shape index (κ3) is 3.24. The standard InChI is InChI=1S/C19H19NO6/c1-3-20(4-2)12-6-5-11-9-13(18(23)25-16(11)10-12)19(24)26-17-14(21)7-8-15(17)22/h5-6,9-10,17H,3-4,7-8H2,1-2H3. The zero-order chi connectivity index (χ0) is 18.8. The van der Waals surface area contributed by atoms with Gasteiger partial charge in [-0.2, -0.15) is 0 Å². The lowest BCUT2D eigenvalue weighted by Crippen LogP contribution is -2.30. The van der Waals surface area contributed by atoms with E-state index in [1.165, 1.54) is 6.07 Å². The fourth-order valence-electron chi connectivity index (χ4n) is 3.02. The van der Waals surface area contributed by atoms with Crippen molar-refractivity contribution < 1.29 is 23.5 Å². The normalized spacial score (nSPS) is 14.8.